The van der Waals surface area contributed by atoms with Crippen molar-refractivity contribution in [1.82, 2.24) is 14.5 Å². The van der Waals surface area contributed by atoms with Gasteiger partial charge in [-0.05, 0) is 12.1 Å². The third-order valence-corrected chi connectivity index (χ3v) is 4.62. The van der Waals surface area contributed by atoms with Crippen LogP contribution in [0.3, 0.4) is 0 Å². The van der Waals surface area contributed by atoms with Crippen LogP contribution in [0.2, 0.25) is 0 Å². The van der Waals surface area contributed by atoms with Gasteiger partial charge < -0.3 is 18.9 Å². The van der Waals surface area contributed by atoms with Crippen LogP contribution < -0.4 is 9.47 Å². The van der Waals surface area contributed by atoms with Crippen LogP contribution in [0.15, 0.2) is 41.8 Å². The summed E-state index contributed by atoms with van der Waals surface area (Å²) >= 11 is 1.43. The number of fused-ring (bicyclic) bond motifs is 1. The van der Waals surface area contributed by atoms with Crippen LogP contribution in [-0.2, 0) is 11.8 Å². The van der Waals surface area contributed by atoms with Gasteiger partial charge in [0, 0.05) is 26.5 Å². The Morgan fingerprint density at radius 1 is 1.43 bits per heavy atom. The molecule has 0 spiro atoms. The number of aromatic nitrogens is 2. The van der Waals surface area contributed by atoms with Crippen molar-refractivity contribution in [3.63, 3.8) is 0 Å². The molecular formula is C16H19N3O3S. The lowest BCUT2D eigenvalue weighted by atomic mass is 10.2. The maximum Gasteiger partial charge on any atom is 0.232 e. The normalized spacial score (nSPS) is 16.2. The molecule has 0 saturated carbocycles. The van der Waals surface area contributed by atoms with Gasteiger partial charge in [-0.25, -0.2) is 4.98 Å². The van der Waals surface area contributed by atoms with Crippen LogP contribution in [-0.4, -0.2) is 52.4 Å². The standard InChI is InChI=1S/C16H19N3O3S/c1-18-8-7-17-16(18)23-11-15(20)19(2)9-12-10-21-13-5-3-4-6-14(13)22-12/h3-8,12H,9-11H2,1-2H3. The zero-order valence-electron chi connectivity index (χ0n) is 13.1. The second-order valence-electron chi connectivity index (χ2n) is 5.38. The van der Waals surface area contributed by atoms with Gasteiger partial charge in [-0.3, -0.25) is 4.79 Å². The Hall–Kier alpha value is -2.15. The van der Waals surface area contributed by atoms with E-state index >= 15 is 0 Å². The smallest absolute Gasteiger partial charge is 0.232 e. The maximum absolute atomic E-state index is 12.2. The second kappa shape index (κ2) is 6.95. The number of likely N-dealkylation sites (N-methyl/N-ethyl adjacent to an activating group) is 1. The molecule has 6 nitrogen and oxygen atoms in total. The van der Waals surface area contributed by atoms with E-state index in [-0.39, 0.29) is 12.0 Å². The number of benzene rings is 1. The first-order valence-corrected chi connectivity index (χ1v) is 8.34. The molecule has 3 rings (SSSR count). The first kappa shape index (κ1) is 15.7. The van der Waals surface area contributed by atoms with Gasteiger partial charge in [-0.2, -0.15) is 0 Å². The van der Waals surface area contributed by atoms with Crippen LogP contribution in [0.1, 0.15) is 0 Å². The van der Waals surface area contributed by atoms with Gasteiger partial charge >= 0.3 is 0 Å². The maximum atomic E-state index is 12.2. The number of amides is 1. The van der Waals surface area contributed by atoms with Gasteiger partial charge in [-0.15, -0.1) is 0 Å². The zero-order chi connectivity index (χ0) is 16.2. The lowest BCUT2D eigenvalue weighted by molar-refractivity contribution is -0.128. The van der Waals surface area contributed by atoms with E-state index in [2.05, 4.69) is 4.98 Å². The molecule has 122 valence electrons. The number of carbonyl (C=O) groups excluding carboxylic acids is 1. The minimum atomic E-state index is -0.156. The van der Waals surface area contributed by atoms with Crippen molar-refractivity contribution in [3.05, 3.63) is 36.7 Å². The van der Waals surface area contributed by atoms with E-state index in [1.165, 1.54) is 11.8 Å². The third-order valence-electron chi connectivity index (χ3n) is 3.57. The number of rotatable bonds is 5. The van der Waals surface area contributed by atoms with Gasteiger partial charge in [-0.1, -0.05) is 23.9 Å². The quantitative estimate of drug-likeness (QED) is 0.781. The fourth-order valence-corrected chi connectivity index (χ4v) is 3.16. The van der Waals surface area contributed by atoms with Gasteiger partial charge in [0.15, 0.2) is 22.8 Å². The average Bonchev–Trinajstić information content (AvgIpc) is 2.97. The van der Waals surface area contributed by atoms with Crippen LogP contribution in [0.4, 0.5) is 0 Å². The molecule has 23 heavy (non-hydrogen) atoms. The number of thioether (sulfide) groups is 1. The Morgan fingerprint density at radius 3 is 2.96 bits per heavy atom. The summed E-state index contributed by atoms with van der Waals surface area (Å²) in [7, 11) is 3.69. The van der Waals surface area contributed by atoms with Crippen LogP contribution in [0.25, 0.3) is 0 Å². The van der Waals surface area contributed by atoms with Gasteiger partial charge in [0.25, 0.3) is 0 Å². The first-order valence-electron chi connectivity index (χ1n) is 7.36. The first-order chi connectivity index (χ1) is 11.1. The molecule has 1 aliphatic rings. The van der Waals surface area contributed by atoms with Crippen molar-refractivity contribution in [2.24, 2.45) is 7.05 Å². The number of nitrogens with zero attached hydrogens (tertiary/aromatic N) is 3. The van der Waals surface area contributed by atoms with Crippen molar-refractivity contribution >= 4 is 17.7 Å². The van der Waals surface area contributed by atoms with E-state index in [4.69, 9.17) is 9.47 Å². The van der Waals surface area contributed by atoms with Crippen molar-refractivity contribution in [2.45, 2.75) is 11.3 Å². The summed E-state index contributed by atoms with van der Waals surface area (Å²) in [5.41, 5.74) is 0. The Morgan fingerprint density at radius 2 is 2.22 bits per heavy atom. The predicted molar refractivity (Wildman–Crippen MR) is 87.9 cm³/mol. The fourth-order valence-electron chi connectivity index (χ4n) is 2.29. The van der Waals surface area contributed by atoms with E-state index in [0.29, 0.717) is 18.9 Å². The van der Waals surface area contributed by atoms with Crippen LogP contribution in [0, 0.1) is 0 Å². The van der Waals surface area contributed by atoms with E-state index in [9.17, 15) is 4.79 Å². The van der Waals surface area contributed by atoms with E-state index in [1.807, 2.05) is 42.1 Å². The topological polar surface area (TPSA) is 56.6 Å². The Labute approximate surface area is 139 Å². The molecule has 2 heterocycles. The molecule has 1 aromatic heterocycles. The number of aryl methyl sites for hydroxylation is 1. The van der Waals surface area contributed by atoms with E-state index in [0.717, 1.165) is 16.7 Å². The lowest BCUT2D eigenvalue weighted by Crippen LogP contribution is -2.42. The van der Waals surface area contributed by atoms with Gasteiger partial charge in [0.2, 0.25) is 5.91 Å². The summed E-state index contributed by atoms with van der Waals surface area (Å²) in [6.07, 6.45) is 3.43. The molecule has 0 fully saturated rings. The molecule has 1 aliphatic heterocycles. The predicted octanol–water partition coefficient (Wildman–Crippen LogP) is 1.81. The van der Waals surface area contributed by atoms with Gasteiger partial charge in [0.1, 0.15) is 6.61 Å². The molecule has 1 unspecified atom stereocenters. The van der Waals surface area contributed by atoms with Crippen molar-refractivity contribution in [1.29, 1.82) is 0 Å². The highest BCUT2D eigenvalue weighted by Gasteiger charge is 2.23. The number of ether oxygens (including phenoxy) is 2. The summed E-state index contributed by atoms with van der Waals surface area (Å²) in [6, 6.07) is 7.57. The molecule has 0 N–H and O–H groups in total. The van der Waals surface area contributed by atoms with E-state index in [1.54, 1.807) is 18.1 Å². The lowest BCUT2D eigenvalue weighted by Gasteiger charge is -2.29. The molecular weight excluding hydrogens is 314 g/mol. The summed E-state index contributed by atoms with van der Waals surface area (Å²) in [5.74, 6) is 1.88. The monoisotopic (exact) mass is 333 g/mol. The summed E-state index contributed by atoms with van der Waals surface area (Å²) in [6.45, 7) is 0.940. The highest BCUT2D eigenvalue weighted by Crippen LogP contribution is 2.31. The minimum absolute atomic E-state index is 0.0421. The molecule has 1 aromatic carbocycles. The molecule has 0 saturated heterocycles. The zero-order valence-corrected chi connectivity index (χ0v) is 14.0. The minimum Gasteiger partial charge on any atom is -0.486 e. The Balaban J connectivity index is 1.50. The van der Waals surface area contributed by atoms with Crippen LogP contribution in [0.5, 0.6) is 11.5 Å². The highest BCUT2D eigenvalue weighted by atomic mass is 32.2. The number of imidazole rings is 1. The largest absolute Gasteiger partial charge is 0.486 e. The number of carbonyl (C=O) groups is 1. The number of hydrogen-bond donors (Lipinski definition) is 0. The molecule has 1 amide bonds. The molecule has 0 aliphatic carbocycles. The SMILES string of the molecule is CN(CC1COc2ccccc2O1)C(=O)CSc1nccn1C. The molecule has 0 radical (unpaired) electrons. The van der Waals surface area contributed by atoms with Gasteiger partial charge in [0.05, 0.1) is 12.3 Å². The van der Waals surface area contributed by atoms with Crippen molar-refractivity contribution in [3.8, 4) is 11.5 Å². The van der Waals surface area contributed by atoms with E-state index < -0.39 is 0 Å². The molecule has 2 aromatic rings. The summed E-state index contributed by atoms with van der Waals surface area (Å²) in [5, 5.41) is 0.831. The summed E-state index contributed by atoms with van der Waals surface area (Å²) in [4.78, 5) is 18.1. The van der Waals surface area contributed by atoms with Crippen molar-refractivity contribution in [2.75, 3.05) is 26.0 Å². The molecule has 1 atom stereocenters. The second-order valence-corrected chi connectivity index (χ2v) is 6.32. The summed E-state index contributed by atoms with van der Waals surface area (Å²) < 4.78 is 13.4. The molecule has 7 heteroatoms. The van der Waals surface area contributed by atoms with Crippen LogP contribution >= 0.6 is 11.8 Å². The highest BCUT2D eigenvalue weighted by molar-refractivity contribution is 7.99. The third kappa shape index (κ3) is 3.79. The van der Waals surface area contributed by atoms with Crippen molar-refractivity contribution < 1.29 is 14.3 Å². The number of para-hydroxylation sites is 2. The number of hydrogen-bond acceptors (Lipinski definition) is 5. The average molecular weight is 333 g/mol. The molecule has 0 bridgehead atoms. The Bertz CT molecular complexity index is 689. The Kier molecular flexibility index (Phi) is 4.76. The fraction of sp³-hybridized carbons (Fsp3) is 0.375.